The minimum atomic E-state index is 0.102. The Bertz CT molecular complexity index is 204. The molecule has 0 aromatic heterocycles. The van der Waals surface area contributed by atoms with Crippen molar-refractivity contribution in [2.45, 2.75) is 20.3 Å². The Morgan fingerprint density at radius 3 is 2.70 bits per heavy atom. The molecule has 0 N–H and O–H groups in total. The maximum atomic E-state index is 11.0. The molecule has 0 saturated heterocycles. The van der Waals surface area contributed by atoms with Crippen molar-refractivity contribution < 1.29 is 4.79 Å². The molecular weight excluding hydrogens is 128 g/mol. The van der Waals surface area contributed by atoms with Crippen molar-refractivity contribution in [1.29, 1.82) is 0 Å². The molecule has 0 aromatic rings. The maximum Gasteiger partial charge on any atom is 0.184 e. The molecule has 0 spiro atoms. The van der Waals surface area contributed by atoms with Crippen molar-refractivity contribution in [3.63, 3.8) is 0 Å². The first-order chi connectivity index (χ1) is 4.72. The largest absolute Gasteiger partial charge is 0.292 e. The molecule has 0 radical (unpaired) electrons. The van der Waals surface area contributed by atoms with E-state index in [1.54, 1.807) is 0 Å². The van der Waals surface area contributed by atoms with Crippen LogP contribution in [0.1, 0.15) is 20.3 Å². The molecule has 0 aromatic carbocycles. The van der Waals surface area contributed by atoms with Gasteiger partial charge in [-0.25, -0.2) is 0 Å². The fourth-order valence-corrected chi connectivity index (χ4v) is 0.825. The van der Waals surface area contributed by atoms with Crippen molar-refractivity contribution >= 4 is 17.7 Å². The third kappa shape index (κ3) is 1.29. The summed E-state index contributed by atoms with van der Waals surface area (Å²) in [5, 5.41) is 7.42. The first-order valence-corrected chi connectivity index (χ1v) is 3.34. The van der Waals surface area contributed by atoms with E-state index in [4.69, 9.17) is 0 Å². The lowest BCUT2D eigenvalue weighted by molar-refractivity contribution is -0.112. The van der Waals surface area contributed by atoms with Gasteiger partial charge in [0.25, 0.3) is 0 Å². The third-order valence-corrected chi connectivity index (χ3v) is 1.36. The normalized spacial score (nSPS) is 17.9. The Morgan fingerprint density at radius 2 is 2.30 bits per heavy atom. The molecule has 1 aliphatic heterocycles. The van der Waals surface area contributed by atoms with E-state index >= 15 is 0 Å². The summed E-state index contributed by atoms with van der Waals surface area (Å²) >= 11 is 0. The zero-order valence-corrected chi connectivity index (χ0v) is 6.16. The van der Waals surface area contributed by atoms with Crippen LogP contribution in [-0.2, 0) is 4.79 Å². The highest BCUT2D eigenvalue weighted by atomic mass is 16.1. The van der Waals surface area contributed by atoms with E-state index in [0.717, 1.165) is 0 Å². The van der Waals surface area contributed by atoms with Crippen LogP contribution < -0.4 is 0 Å². The summed E-state index contributed by atoms with van der Waals surface area (Å²) in [6, 6.07) is 0. The summed E-state index contributed by atoms with van der Waals surface area (Å²) in [6.07, 6.45) is 1.95. The van der Waals surface area contributed by atoms with Crippen LogP contribution >= 0.6 is 0 Å². The number of Topliss-reactive ketones (excluding diaryl/α,β-unsaturated/α-hetero) is 1. The average Bonchev–Trinajstić information content (AvgIpc) is 1.88. The van der Waals surface area contributed by atoms with Crippen LogP contribution in [0.15, 0.2) is 10.2 Å². The van der Waals surface area contributed by atoms with Gasteiger partial charge in [-0.1, -0.05) is 13.8 Å². The van der Waals surface area contributed by atoms with Crippen LogP contribution in [0.4, 0.5) is 0 Å². The van der Waals surface area contributed by atoms with E-state index in [9.17, 15) is 4.79 Å². The summed E-state index contributed by atoms with van der Waals surface area (Å²) < 4.78 is 0. The lowest BCUT2D eigenvalue weighted by atomic mass is 10.0. The molecule has 1 aliphatic rings. The summed E-state index contributed by atoms with van der Waals surface area (Å²) in [4.78, 5) is 11.0. The number of ketones is 1. The monoisotopic (exact) mass is 138 g/mol. The van der Waals surface area contributed by atoms with Crippen molar-refractivity contribution in [3.8, 4) is 0 Å². The molecule has 0 atom stereocenters. The van der Waals surface area contributed by atoms with Gasteiger partial charge in [0.15, 0.2) is 5.78 Å². The van der Waals surface area contributed by atoms with E-state index in [-0.39, 0.29) is 11.7 Å². The Labute approximate surface area is 59.8 Å². The minimum Gasteiger partial charge on any atom is -0.292 e. The number of nitrogens with zero attached hydrogens (tertiary/aromatic N) is 2. The lowest BCUT2D eigenvalue weighted by Gasteiger charge is -2.07. The molecule has 0 aliphatic carbocycles. The molecule has 0 bridgehead atoms. The SMILES string of the molecule is CC(C)C1=NN=CCC1=O. The number of rotatable bonds is 1. The second-order valence-electron chi connectivity index (χ2n) is 2.57. The molecule has 1 rings (SSSR count). The molecule has 10 heavy (non-hydrogen) atoms. The highest BCUT2D eigenvalue weighted by molar-refractivity contribution is 6.43. The van der Waals surface area contributed by atoms with E-state index < -0.39 is 0 Å². The van der Waals surface area contributed by atoms with E-state index in [2.05, 4.69) is 10.2 Å². The van der Waals surface area contributed by atoms with Crippen LogP contribution in [0.5, 0.6) is 0 Å². The van der Waals surface area contributed by atoms with Gasteiger partial charge in [-0.3, -0.25) is 4.79 Å². The second kappa shape index (κ2) is 2.73. The van der Waals surface area contributed by atoms with Gasteiger partial charge in [0.1, 0.15) is 5.71 Å². The molecule has 0 amide bonds. The highest BCUT2D eigenvalue weighted by Gasteiger charge is 2.16. The molecule has 0 fully saturated rings. The molecule has 3 nitrogen and oxygen atoms in total. The molecule has 0 unspecified atom stereocenters. The fourth-order valence-electron chi connectivity index (χ4n) is 0.825. The Morgan fingerprint density at radius 1 is 1.60 bits per heavy atom. The Balaban J connectivity index is 2.80. The van der Waals surface area contributed by atoms with Crippen molar-refractivity contribution in [3.05, 3.63) is 0 Å². The van der Waals surface area contributed by atoms with Crippen LogP contribution in [0.25, 0.3) is 0 Å². The van der Waals surface area contributed by atoms with Gasteiger partial charge in [0.2, 0.25) is 0 Å². The molecular formula is C7H10N2O. The van der Waals surface area contributed by atoms with Gasteiger partial charge in [0, 0.05) is 18.6 Å². The van der Waals surface area contributed by atoms with Gasteiger partial charge < -0.3 is 0 Å². The number of hydrogen-bond donors (Lipinski definition) is 0. The van der Waals surface area contributed by atoms with Crippen molar-refractivity contribution in [1.82, 2.24) is 0 Å². The van der Waals surface area contributed by atoms with Crippen LogP contribution in [-0.4, -0.2) is 17.7 Å². The zero-order valence-electron chi connectivity index (χ0n) is 6.16. The van der Waals surface area contributed by atoms with Gasteiger partial charge in [-0.05, 0) is 0 Å². The van der Waals surface area contributed by atoms with Gasteiger partial charge in [-0.15, -0.1) is 0 Å². The van der Waals surface area contributed by atoms with Crippen molar-refractivity contribution in [2.75, 3.05) is 0 Å². The van der Waals surface area contributed by atoms with Crippen LogP contribution in [0.2, 0.25) is 0 Å². The summed E-state index contributed by atoms with van der Waals surface area (Å²) in [5.74, 6) is 0.301. The van der Waals surface area contributed by atoms with Gasteiger partial charge >= 0.3 is 0 Å². The van der Waals surface area contributed by atoms with E-state index in [1.807, 2.05) is 13.8 Å². The smallest absolute Gasteiger partial charge is 0.184 e. The van der Waals surface area contributed by atoms with Crippen LogP contribution in [0.3, 0.4) is 0 Å². The van der Waals surface area contributed by atoms with Crippen molar-refractivity contribution in [2.24, 2.45) is 16.1 Å². The van der Waals surface area contributed by atoms with Gasteiger partial charge in [0.05, 0.1) is 0 Å². The maximum absolute atomic E-state index is 11.0. The topological polar surface area (TPSA) is 41.8 Å². The Hall–Kier alpha value is -0.990. The molecule has 54 valence electrons. The number of carbonyl (C=O) groups excluding carboxylic acids is 1. The summed E-state index contributed by atoms with van der Waals surface area (Å²) in [5.41, 5.74) is 0.600. The summed E-state index contributed by atoms with van der Waals surface area (Å²) in [6.45, 7) is 3.88. The first kappa shape index (κ1) is 7.12. The van der Waals surface area contributed by atoms with E-state index in [0.29, 0.717) is 12.1 Å². The van der Waals surface area contributed by atoms with Gasteiger partial charge in [-0.2, -0.15) is 10.2 Å². The fraction of sp³-hybridized carbons (Fsp3) is 0.571. The Kier molecular flexibility index (Phi) is 1.94. The number of hydrogen-bond acceptors (Lipinski definition) is 3. The van der Waals surface area contributed by atoms with E-state index in [1.165, 1.54) is 6.21 Å². The van der Waals surface area contributed by atoms with Crippen LogP contribution in [0, 0.1) is 5.92 Å². The average molecular weight is 138 g/mol. The highest BCUT2D eigenvalue weighted by Crippen LogP contribution is 2.04. The molecule has 3 heteroatoms. The second-order valence-corrected chi connectivity index (χ2v) is 2.57. The first-order valence-electron chi connectivity index (χ1n) is 3.34. The molecule has 1 heterocycles. The molecule has 0 saturated carbocycles. The quantitative estimate of drug-likeness (QED) is 0.533. The predicted molar refractivity (Wildman–Crippen MR) is 40.4 cm³/mol. The summed E-state index contributed by atoms with van der Waals surface area (Å²) in [7, 11) is 0. The standard InChI is InChI=1S/C7H10N2O/c1-5(2)7-6(10)3-4-8-9-7/h4-5H,3H2,1-2H3. The third-order valence-electron chi connectivity index (χ3n) is 1.36. The zero-order chi connectivity index (χ0) is 7.56. The minimum absolute atomic E-state index is 0.102. The number of carbonyl (C=O) groups is 1. The predicted octanol–water partition coefficient (Wildman–Crippen LogP) is 1.04. The lowest BCUT2D eigenvalue weighted by Crippen LogP contribution is -2.22.